The fourth-order valence-electron chi connectivity index (χ4n) is 1.20. The summed E-state index contributed by atoms with van der Waals surface area (Å²) >= 11 is 4.00. The second kappa shape index (κ2) is 4.31. The average molecular weight is 222 g/mol. The van der Waals surface area contributed by atoms with Crippen LogP contribution >= 0.6 is 12.6 Å². The van der Waals surface area contributed by atoms with Crippen LogP contribution in [0.4, 0.5) is 0 Å². The van der Waals surface area contributed by atoms with Crippen molar-refractivity contribution in [3.05, 3.63) is 30.2 Å². The Morgan fingerprint density at radius 1 is 1.60 bits per heavy atom. The quantitative estimate of drug-likeness (QED) is 0.738. The number of carbonyl (C=O) groups is 1. The molecule has 2 aromatic rings. The van der Waals surface area contributed by atoms with Gasteiger partial charge in [0.1, 0.15) is 0 Å². The lowest BCUT2D eigenvalue weighted by atomic mass is 10.4. The van der Waals surface area contributed by atoms with Gasteiger partial charge in [-0.1, -0.05) is 0 Å². The average Bonchev–Trinajstić information content (AvgIpc) is 2.69. The summed E-state index contributed by atoms with van der Waals surface area (Å²) in [6.07, 6.45) is 3.41. The molecule has 0 aliphatic heterocycles. The van der Waals surface area contributed by atoms with E-state index in [-0.39, 0.29) is 5.91 Å². The van der Waals surface area contributed by atoms with Gasteiger partial charge in [0.25, 0.3) is 5.91 Å². The molecule has 1 N–H and O–H groups in total. The van der Waals surface area contributed by atoms with Gasteiger partial charge in [-0.3, -0.25) is 4.79 Å². The van der Waals surface area contributed by atoms with Crippen LogP contribution in [0.1, 0.15) is 10.5 Å². The van der Waals surface area contributed by atoms with Crippen LogP contribution in [0.5, 0.6) is 0 Å². The van der Waals surface area contributed by atoms with Crippen molar-refractivity contribution < 1.29 is 4.79 Å². The first kappa shape index (κ1) is 9.97. The Kier molecular flexibility index (Phi) is 2.86. The molecule has 0 atom stereocenters. The maximum Gasteiger partial charge on any atom is 0.271 e. The third-order valence-corrected chi connectivity index (χ3v) is 2.09. The van der Waals surface area contributed by atoms with Gasteiger partial charge in [0.15, 0.2) is 11.3 Å². The molecule has 0 bridgehead atoms. The minimum atomic E-state index is -0.199. The van der Waals surface area contributed by atoms with Gasteiger partial charge in [-0.05, 0) is 6.07 Å². The summed E-state index contributed by atoms with van der Waals surface area (Å²) in [5, 5.41) is 6.77. The Morgan fingerprint density at radius 2 is 2.47 bits per heavy atom. The molecule has 2 heterocycles. The molecule has 78 valence electrons. The lowest BCUT2D eigenvalue weighted by molar-refractivity contribution is 0.0951. The molecule has 2 aromatic heterocycles. The summed E-state index contributed by atoms with van der Waals surface area (Å²) in [5.41, 5.74) is 1.03. The Hall–Kier alpha value is -1.56. The first-order valence-electron chi connectivity index (χ1n) is 4.51. The van der Waals surface area contributed by atoms with Gasteiger partial charge < -0.3 is 5.32 Å². The Morgan fingerprint density at radius 3 is 3.20 bits per heavy atom. The molecule has 0 unspecified atom stereocenters. The summed E-state index contributed by atoms with van der Waals surface area (Å²) in [4.78, 5) is 15.6. The van der Waals surface area contributed by atoms with Crippen molar-refractivity contribution in [2.45, 2.75) is 0 Å². The van der Waals surface area contributed by atoms with Crippen LogP contribution in [0.2, 0.25) is 0 Å². The van der Waals surface area contributed by atoms with Gasteiger partial charge >= 0.3 is 0 Å². The Balaban J connectivity index is 2.25. The van der Waals surface area contributed by atoms with Crippen molar-refractivity contribution in [1.29, 1.82) is 0 Å². The van der Waals surface area contributed by atoms with Crippen LogP contribution in [0, 0.1) is 0 Å². The van der Waals surface area contributed by atoms with Crippen LogP contribution in [0.25, 0.3) is 5.65 Å². The number of fused-ring (bicyclic) bond motifs is 1. The van der Waals surface area contributed by atoms with Crippen molar-refractivity contribution in [2.24, 2.45) is 0 Å². The summed E-state index contributed by atoms with van der Waals surface area (Å²) in [6.45, 7) is 0.531. The number of aromatic nitrogens is 3. The maximum absolute atomic E-state index is 11.5. The highest BCUT2D eigenvalue weighted by Crippen LogP contribution is 2.02. The molecule has 2 rings (SSSR count). The highest BCUT2D eigenvalue weighted by Gasteiger charge is 2.09. The second-order valence-electron chi connectivity index (χ2n) is 2.93. The Labute approximate surface area is 91.9 Å². The predicted molar refractivity (Wildman–Crippen MR) is 59.2 cm³/mol. The molecule has 0 aliphatic rings. The smallest absolute Gasteiger partial charge is 0.271 e. The molecule has 0 radical (unpaired) electrons. The monoisotopic (exact) mass is 222 g/mol. The van der Waals surface area contributed by atoms with Gasteiger partial charge in [-0.25, -0.2) is 9.50 Å². The number of hydrogen-bond acceptors (Lipinski definition) is 4. The van der Waals surface area contributed by atoms with Gasteiger partial charge in [0, 0.05) is 30.8 Å². The zero-order valence-corrected chi connectivity index (χ0v) is 8.82. The van der Waals surface area contributed by atoms with E-state index in [4.69, 9.17) is 0 Å². The molecular formula is C9H10N4OS. The van der Waals surface area contributed by atoms with E-state index in [9.17, 15) is 4.79 Å². The summed E-state index contributed by atoms with van der Waals surface area (Å²) in [5.74, 6) is 0.409. The Bertz CT molecular complexity index is 449. The fraction of sp³-hybridized carbons (Fsp3) is 0.222. The zero-order valence-electron chi connectivity index (χ0n) is 7.92. The van der Waals surface area contributed by atoms with E-state index in [1.54, 1.807) is 29.0 Å². The van der Waals surface area contributed by atoms with Gasteiger partial charge in [0.05, 0.1) is 0 Å². The van der Waals surface area contributed by atoms with Crippen LogP contribution in [-0.4, -0.2) is 32.8 Å². The molecule has 0 spiro atoms. The molecule has 15 heavy (non-hydrogen) atoms. The standard InChI is InChI=1S/C9H10N4OS/c14-9(11-3-5-15)7-6-8-10-2-1-4-13(8)12-7/h1-2,4,6,15H,3,5H2,(H,11,14). The van der Waals surface area contributed by atoms with Crippen molar-refractivity contribution in [1.82, 2.24) is 19.9 Å². The van der Waals surface area contributed by atoms with Crippen molar-refractivity contribution >= 4 is 24.2 Å². The second-order valence-corrected chi connectivity index (χ2v) is 3.38. The van der Waals surface area contributed by atoms with Gasteiger partial charge in [0.2, 0.25) is 0 Å². The highest BCUT2D eigenvalue weighted by molar-refractivity contribution is 7.80. The predicted octanol–water partition coefficient (Wildman–Crippen LogP) is 0.389. The number of carbonyl (C=O) groups excluding carboxylic acids is 1. The van der Waals surface area contributed by atoms with Crippen LogP contribution in [0.3, 0.4) is 0 Å². The van der Waals surface area contributed by atoms with Crippen LogP contribution in [-0.2, 0) is 0 Å². The van der Waals surface area contributed by atoms with Crippen LogP contribution in [0.15, 0.2) is 24.5 Å². The summed E-state index contributed by atoms with van der Waals surface area (Å²) in [6, 6.07) is 3.41. The molecule has 0 aromatic carbocycles. The normalized spacial score (nSPS) is 10.5. The number of hydrogen-bond donors (Lipinski definition) is 2. The number of amides is 1. The third kappa shape index (κ3) is 2.10. The molecule has 6 heteroatoms. The molecule has 1 amide bonds. The van der Waals surface area contributed by atoms with E-state index in [1.807, 2.05) is 0 Å². The lowest BCUT2D eigenvalue weighted by Crippen LogP contribution is -2.25. The summed E-state index contributed by atoms with van der Waals surface area (Å²) < 4.78 is 1.57. The topological polar surface area (TPSA) is 59.3 Å². The molecule has 0 fully saturated rings. The van der Waals surface area contributed by atoms with Crippen LogP contribution < -0.4 is 5.32 Å². The van der Waals surface area contributed by atoms with E-state index in [1.165, 1.54) is 0 Å². The SMILES string of the molecule is O=C(NCCS)c1cc2ncccn2n1. The molecule has 5 nitrogen and oxygen atoms in total. The van der Waals surface area contributed by atoms with E-state index in [0.29, 0.717) is 23.6 Å². The number of thiol groups is 1. The van der Waals surface area contributed by atoms with Gasteiger partial charge in [-0.15, -0.1) is 0 Å². The minimum absolute atomic E-state index is 0.199. The van der Waals surface area contributed by atoms with Crippen molar-refractivity contribution in [2.75, 3.05) is 12.3 Å². The van der Waals surface area contributed by atoms with E-state index < -0.39 is 0 Å². The molecule has 0 saturated carbocycles. The lowest BCUT2D eigenvalue weighted by Gasteiger charge is -1.97. The largest absolute Gasteiger partial charge is 0.350 e. The first-order chi connectivity index (χ1) is 7.31. The first-order valence-corrected chi connectivity index (χ1v) is 5.14. The zero-order chi connectivity index (χ0) is 10.7. The number of rotatable bonds is 3. The highest BCUT2D eigenvalue weighted by atomic mass is 32.1. The van der Waals surface area contributed by atoms with E-state index in [2.05, 4.69) is 28.0 Å². The van der Waals surface area contributed by atoms with Crippen molar-refractivity contribution in [3.8, 4) is 0 Å². The maximum atomic E-state index is 11.5. The minimum Gasteiger partial charge on any atom is -0.350 e. The van der Waals surface area contributed by atoms with Gasteiger partial charge in [-0.2, -0.15) is 17.7 Å². The molecule has 0 saturated heterocycles. The number of nitrogens with zero attached hydrogens (tertiary/aromatic N) is 3. The van der Waals surface area contributed by atoms with Crippen molar-refractivity contribution in [3.63, 3.8) is 0 Å². The molecular weight excluding hydrogens is 212 g/mol. The number of nitrogens with one attached hydrogen (secondary N) is 1. The van der Waals surface area contributed by atoms with E-state index in [0.717, 1.165) is 0 Å². The molecule has 0 aliphatic carbocycles. The third-order valence-electron chi connectivity index (χ3n) is 1.87. The van der Waals surface area contributed by atoms with E-state index >= 15 is 0 Å². The summed E-state index contributed by atoms with van der Waals surface area (Å²) in [7, 11) is 0. The fourth-order valence-corrected chi connectivity index (χ4v) is 1.31.